The first-order chi connectivity index (χ1) is 9.74. The molecule has 1 aromatic carbocycles. The number of benzene rings is 1. The number of nitrogens with one attached hydrogen (secondary N) is 1. The summed E-state index contributed by atoms with van der Waals surface area (Å²) in [6, 6.07) is 10.2. The fourth-order valence-corrected chi connectivity index (χ4v) is 3.49. The van der Waals surface area contributed by atoms with Crippen LogP contribution in [0.15, 0.2) is 47.2 Å². The molecule has 0 saturated heterocycles. The van der Waals surface area contributed by atoms with Crippen molar-refractivity contribution < 1.29 is 0 Å². The van der Waals surface area contributed by atoms with Crippen LogP contribution in [-0.4, -0.2) is 15.0 Å². The monoisotopic (exact) mass is 348 g/mol. The number of nitrogens with zero attached hydrogens (tertiary/aromatic N) is 3. The Hall–Kier alpha value is -1.66. The molecule has 6 heteroatoms. The van der Waals surface area contributed by atoms with Crippen molar-refractivity contribution in [1.29, 1.82) is 0 Å². The zero-order chi connectivity index (χ0) is 13.9. The number of halogens is 1. The topological polar surface area (TPSA) is 42.7 Å². The molecule has 2 heterocycles. The molecular formula is C14H13BrN4S. The van der Waals surface area contributed by atoms with Crippen molar-refractivity contribution in [2.24, 2.45) is 0 Å². The highest BCUT2D eigenvalue weighted by atomic mass is 79.9. The van der Waals surface area contributed by atoms with Crippen molar-refractivity contribution in [3.63, 3.8) is 0 Å². The van der Waals surface area contributed by atoms with Crippen molar-refractivity contribution >= 4 is 33.0 Å². The lowest BCUT2D eigenvalue weighted by Gasteiger charge is -2.10. The second-order valence-electron chi connectivity index (χ2n) is 4.34. The molecule has 0 aliphatic carbocycles. The van der Waals surface area contributed by atoms with Crippen LogP contribution in [-0.2, 0) is 6.54 Å². The van der Waals surface area contributed by atoms with Crippen molar-refractivity contribution in [2.75, 3.05) is 5.32 Å². The number of hydrogen-bond donors (Lipinski definition) is 1. The summed E-state index contributed by atoms with van der Waals surface area (Å²) < 4.78 is 2.93. The minimum absolute atomic E-state index is 0.794. The molecule has 0 aliphatic rings. The van der Waals surface area contributed by atoms with E-state index in [9.17, 15) is 0 Å². The molecule has 0 radical (unpaired) electrons. The molecule has 0 aliphatic heterocycles. The molecule has 4 nitrogen and oxygen atoms in total. The molecule has 3 aromatic rings. The maximum Gasteiger partial charge on any atom is 0.0894 e. The minimum Gasteiger partial charge on any atom is -0.378 e. The van der Waals surface area contributed by atoms with Crippen LogP contribution in [0.5, 0.6) is 0 Å². The van der Waals surface area contributed by atoms with Gasteiger partial charge in [-0.2, -0.15) is 0 Å². The molecule has 1 N–H and O–H groups in total. The Balaban J connectivity index is 1.81. The first-order valence-electron chi connectivity index (χ1n) is 6.18. The third-order valence-electron chi connectivity index (χ3n) is 2.93. The first-order valence-corrected chi connectivity index (χ1v) is 7.79. The number of anilines is 1. The molecule has 0 atom stereocenters. The largest absolute Gasteiger partial charge is 0.378 e. The average molecular weight is 349 g/mol. The van der Waals surface area contributed by atoms with Crippen LogP contribution in [0.4, 0.5) is 5.69 Å². The fraction of sp³-hybridized carbons (Fsp3) is 0.143. The molecular weight excluding hydrogens is 336 g/mol. The van der Waals surface area contributed by atoms with Gasteiger partial charge in [0.15, 0.2) is 0 Å². The minimum atomic E-state index is 0.794. The Labute approximate surface area is 129 Å². The van der Waals surface area contributed by atoms with Crippen LogP contribution in [0.25, 0.3) is 5.69 Å². The molecule has 102 valence electrons. The lowest BCUT2D eigenvalue weighted by Crippen LogP contribution is -2.04. The van der Waals surface area contributed by atoms with Gasteiger partial charge in [-0.1, -0.05) is 17.3 Å². The summed E-state index contributed by atoms with van der Waals surface area (Å²) in [5.74, 6) is 0. The zero-order valence-corrected chi connectivity index (χ0v) is 13.3. The van der Waals surface area contributed by atoms with Crippen molar-refractivity contribution in [1.82, 2.24) is 15.0 Å². The molecule has 3 rings (SSSR count). The predicted molar refractivity (Wildman–Crippen MR) is 85.4 cm³/mol. The number of aromatic nitrogens is 3. The summed E-state index contributed by atoms with van der Waals surface area (Å²) in [7, 11) is 0. The number of para-hydroxylation sites is 2. The highest BCUT2D eigenvalue weighted by Gasteiger charge is 2.06. The second kappa shape index (κ2) is 5.76. The van der Waals surface area contributed by atoms with Gasteiger partial charge in [0.25, 0.3) is 0 Å². The third kappa shape index (κ3) is 2.76. The first kappa shape index (κ1) is 13.3. The predicted octanol–water partition coefficient (Wildman–Crippen LogP) is 4.01. The lowest BCUT2D eigenvalue weighted by molar-refractivity contribution is 0.803. The van der Waals surface area contributed by atoms with Gasteiger partial charge in [0.2, 0.25) is 0 Å². The van der Waals surface area contributed by atoms with Crippen LogP contribution in [0.1, 0.15) is 9.75 Å². The van der Waals surface area contributed by atoms with Crippen molar-refractivity contribution in [3.05, 3.63) is 57.0 Å². The van der Waals surface area contributed by atoms with Gasteiger partial charge < -0.3 is 5.32 Å². The Kier molecular flexibility index (Phi) is 3.84. The maximum atomic E-state index is 4.04. The normalized spacial score (nSPS) is 10.7. The molecule has 2 aromatic heterocycles. The van der Waals surface area contributed by atoms with E-state index in [1.165, 1.54) is 14.2 Å². The molecule has 0 spiro atoms. The van der Waals surface area contributed by atoms with E-state index in [0.717, 1.165) is 17.9 Å². The van der Waals surface area contributed by atoms with Crippen molar-refractivity contribution in [2.45, 2.75) is 13.5 Å². The summed E-state index contributed by atoms with van der Waals surface area (Å²) in [5, 5.41) is 11.4. The van der Waals surface area contributed by atoms with Gasteiger partial charge in [-0.25, -0.2) is 4.68 Å². The molecule has 0 unspecified atom stereocenters. The van der Waals surface area contributed by atoms with E-state index in [4.69, 9.17) is 0 Å². The van der Waals surface area contributed by atoms with E-state index in [1.807, 2.05) is 30.5 Å². The second-order valence-corrected chi connectivity index (χ2v) is 6.53. The smallest absolute Gasteiger partial charge is 0.0894 e. The molecule has 0 fully saturated rings. The molecule has 0 saturated carbocycles. The van der Waals surface area contributed by atoms with Gasteiger partial charge in [0.1, 0.15) is 0 Å². The molecule has 0 bridgehead atoms. The third-order valence-corrected chi connectivity index (χ3v) is 5.07. The summed E-state index contributed by atoms with van der Waals surface area (Å²) in [6.07, 6.45) is 3.52. The highest BCUT2D eigenvalue weighted by Crippen LogP contribution is 2.27. The van der Waals surface area contributed by atoms with Gasteiger partial charge >= 0.3 is 0 Å². The van der Waals surface area contributed by atoms with Gasteiger partial charge in [-0.15, -0.1) is 16.4 Å². The lowest BCUT2D eigenvalue weighted by atomic mass is 10.2. The number of hydrogen-bond acceptors (Lipinski definition) is 4. The van der Waals surface area contributed by atoms with E-state index < -0.39 is 0 Å². The van der Waals surface area contributed by atoms with Crippen LogP contribution >= 0.6 is 27.3 Å². The molecule has 20 heavy (non-hydrogen) atoms. The van der Waals surface area contributed by atoms with Crippen LogP contribution in [0, 0.1) is 6.92 Å². The standard InChI is InChI=1S/C14H13BrN4S/c1-10-12(15)8-11(20-10)9-16-13-4-2-3-5-14(13)19-7-6-17-18-19/h2-8,16H,9H2,1H3. The summed E-state index contributed by atoms with van der Waals surface area (Å²) in [4.78, 5) is 2.59. The van der Waals surface area contributed by atoms with Crippen LogP contribution < -0.4 is 5.32 Å². The average Bonchev–Trinajstić information content (AvgIpc) is 3.08. The Morgan fingerprint density at radius 2 is 2.20 bits per heavy atom. The number of thiophene rings is 1. The summed E-state index contributed by atoms with van der Waals surface area (Å²) >= 11 is 5.34. The Morgan fingerprint density at radius 1 is 1.35 bits per heavy atom. The summed E-state index contributed by atoms with van der Waals surface area (Å²) in [5.41, 5.74) is 2.04. The fourth-order valence-electron chi connectivity index (χ4n) is 1.95. The van der Waals surface area contributed by atoms with E-state index >= 15 is 0 Å². The van der Waals surface area contributed by atoms with Gasteiger partial charge in [0, 0.05) is 20.8 Å². The van der Waals surface area contributed by atoms with Gasteiger partial charge in [-0.05, 0) is 41.1 Å². The van der Waals surface area contributed by atoms with Gasteiger partial charge in [-0.3, -0.25) is 0 Å². The maximum absolute atomic E-state index is 4.04. The highest BCUT2D eigenvalue weighted by molar-refractivity contribution is 9.10. The van der Waals surface area contributed by atoms with Crippen molar-refractivity contribution in [3.8, 4) is 5.69 Å². The van der Waals surface area contributed by atoms with E-state index in [1.54, 1.807) is 22.2 Å². The quantitative estimate of drug-likeness (QED) is 0.774. The van der Waals surface area contributed by atoms with Gasteiger partial charge in [0.05, 0.1) is 23.8 Å². The zero-order valence-electron chi connectivity index (χ0n) is 10.9. The Morgan fingerprint density at radius 3 is 2.90 bits per heavy atom. The van der Waals surface area contributed by atoms with E-state index in [0.29, 0.717) is 0 Å². The van der Waals surface area contributed by atoms with E-state index in [-0.39, 0.29) is 0 Å². The molecule has 0 amide bonds. The SMILES string of the molecule is Cc1sc(CNc2ccccc2-n2ccnn2)cc1Br. The summed E-state index contributed by atoms with van der Waals surface area (Å²) in [6.45, 7) is 2.91. The van der Waals surface area contributed by atoms with Crippen LogP contribution in [0.2, 0.25) is 0 Å². The van der Waals surface area contributed by atoms with E-state index in [2.05, 4.69) is 44.5 Å². The number of rotatable bonds is 4. The Bertz CT molecular complexity index is 686. The van der Waals surface area contributed by atoms with Crippen LogP contribution in [0.3, 0.4) is 0 Å². The number of aryl methyl sites for hydroxylation is 1.